The minimum Gasteiger partial charge on any atom is -0.506 e. The molecule has 0 aliphatic carbocycles. The van der Waals surface area contributed by atoms with Crippen molar-refractivity contribution in [3.63, 3.8) is 0 Å². The number of rotatable bonds is 3. The van der Waals surface area contributed by atoms with Crippen molar-refractivity contribution in [3.05, 3.63) is 42.7 Å². The summed E-state index contributed by atoms with van der Waals surface area (Å²) in [6.07, 6.45) is 3.21. The van der Waals surface area contributed by atoms with Crippen molar-refractivity contribution in [2.45, 2.75) is 31.3 Å². The highest BCUT2D eigenvalue weighted by molar-refractivity contribution is 9.11. The number of phenols is 1. The number of hydrogen-bond acceptors (Lipinski definition) is 6. The maximum Gasteiger partial charge on any atom is 0.297 e. The van der Waals surface area contributed by atoms with Crippen LogP contribution in [0.15, 0.2) is 36.1 Å². The van der Waals surface area contributed by atoms with E-state index in [9.17, 15) is 9.90 Å². The Morgan fingerprint density at radius 2 is 1.88 bits per heavy atom. The van der Waals surface area contributed by atoms with Gasteiger partial charge in [-0.3, -0.25) is 4.79 Å². The fourth-order valence-electron chi connectivity index (χ4n) is 1.86. The summed E-state index contributed by atoms with van der Waals surface area (Å²) in [6, 6.07) is 3.48. The first kappa shape index (κ1) is 19.1. The van der Waals surface area contributed by atoms with E-state index < -0.39 is 5.41 Å². The van der Waals surface area contributed by atoms with Crippen molar-refractivity contribution in [2.24, 2.45) is 5.10 Å². The Bertz CT molecular complexity index is 860. The Balaban J connectivity index is 2.62. The van der Waals surface area contributed by atoms with Gasteiger partial charge in [-0.25, -0.2) is 0 Å². The van der Waals surface area contributed by atoms with Crippen LogP contribution in [0.2, 0.25) is 0 Å². The van der Waals surface area contributed by atoms with Crippen LogP contribution in [-0.2, 0) is 5.41 Å². The molecule has 0 saturated heterocycles. The molecule has 24 heavy (non-hydrogen) atoms. The van der Waals surface area contributed by atoms with Crippen LogP contribution in [0.3, 0.4) is 0 Å². The standard InChI is InChI=1S/C15H16Br2N4O2S/c1-15(2,3)12-13(23)21(14(24-4)20-19-12)18-7-8-9(16)5-6-10(17)11(8)22/h5-7,22H,1-4H3/b18-7+. The number of halogens is 2. The van der Waals surface area contributed by atoms with E-state index in [1.807, 2.05) is 20.8 Å². The van der Waals surface area contributed by atoms with E-state index in [0.29, 0.717) is 25.4 Å². The third-order valence-electron chi connectivity index (χ3n) is 3.12. The van der Waals surface area contributed by atoms with Gasteiger partial charge in [0, 0.05) is 9.89 Å². The molecule has 0 unspecified atom stereocenters. The van der Waals surface area contributed by atoms with Gasteiger partial charge < -0.3 is 5.11 Å². The predicted molar refractivity (Wildman–Crippen MR) is 103 cm³/mol. The lowest BCUT2D eigenvalue weighted by atomic mass is 9.93. The molecule has 1 aromatic carbocycles. The first-order valence-electron chi connectivity index (χ1n) is 6.92. The maximum absolute atomic E-state index is 12.7. The number of benzene rings is 1. The molecule has 0 amide bonds. The molecular formula is C15H16Br2N4O2S. The average molecular weight is 476 g/mol. The monoisotopic (exact) mass is 474 g/mol. The van der Waals surface area contributed by atoms with Gasteiger partial charge in [0.1, 0.15) is 11.4 Å². The van der Waals surface area contributed by atoms with Gasteiger partial charge in [-0.15, -0.1) is 10.2 Å². The van der Waals surface area contributed by atoms with Crippen LogP contribution >= 0.6 is 43.6 Å². The molecule has 2 rings (SSSR count). The normalized spacial score (nSPS) is 12.1. The summed E-state index contributed by atoms with van der Waals surface area (Å²) in [5.41, 5.74) is 0.00713. The van der Waals surface area contributed by atoms with Crippen molar-refractivity contribution in [1.82, 2.24) is 14.9 Å². The Morgan fingerprint density at radius 3 is 2.46 bits per heavy atom. The Hall–Kier alpha value is -1.19. The van der Waals surface area contributed by atoms with Crippen LogP contribution < -0.4 is 5.56 Å². The average Bonchev–Trinajstić information content (AvgIpc) is 2.50. The molecule has 2 aromatic rings. The molecule has 0 spiro atoms. The van der Waals surface area contributed by atoms with Crippen molar-refractivity contribution in [2.75, 3.05) is 6.26 Å². The highest BCUT2D eigenvalue weighted by Crippen LogP contribution is 2.32. The van der Waals surface area contributed by atoms with E-state index in [1.54, 1.807) is 18.4 Å². The third kappa shape index (κ3) is 3.89. The molecule has 128 valence electrons. The summed E-state index contributed by atoms with van der Waals surface area (Å²) >= 11 is 7.89. The Kier molecular flexibility index (Phi) is 5.87. The fourth-order valence-corrected chi connectivity index (χ4v) is 3.05. The summed E-state index contributed by atoms with van der Waals surface area (Å²) in [5.74, 6) is 0.0323. The van der Waals surface area contributed by atoms with E-state index >= 15 is 0 Å². The zero-order valence-corrected chi connectivity index (χ0v) is 17.5. The van der Waals surface area contributed by atoms with Crippen LogP contribution in [-0.4, -0.2) is 32.5 Å². The first-order valence-corrected chi connectivity index (χ1v) is 9.73. The van der Waals surface area contributed by atoms with Gasteiger partial charge in [-0.05, 0) is 50.2 Å². The topological polar surface area (TPSA) is 80.4 Å². The number of aromatic hydroxyl groups is 1. The zero-order chi connectivity index (χ0) is 18.1. The summed E-state index contributed by atoms with van der Waals surface area (Å²) in [5, 5.41) is 22.9. The molecule has 6 nitrogen and oxygen atoms in total. The highest BCUT2D eigenvalue weighted by Gasteiger charge is 2.23. The number of aromatic nitrogens is 3. The lowest BCUT2D eigenvalue weighted by Gasteiger charge is -2.16. The van der Waals surface area contributed by atoms with Gasteiger partial charge in [-0.2, -0.15) is 9.78 Å². The second-order valence-corrected chi connectivity index (χ2v) is 8.42. The second-order valence-electron chi connectivity index (χ2n) is 5.94. The van der Waals surface area contributed by atoms with E-state index in [2.05, 4.69) is 47.2 Å². The van der Waals surface area contributed by atoms with Crippen LogP contribution in [0.4, 0.5) is 0 Å². The number of thioether (sulfide) groups is 1. The summed E-state index contributed by atoms with van der Waals surface area (Å²) in [6.45, 7) is 5.67. The molecule has 1 heterocycles. The van der Waals surface area contributed by atoms with Gasteiger partial charge in [0.2, 0.25) is 5.16 Å². The molecule has 1 N–H and O–H groups in total. The minimum absolute atomic E-state index is 0.0323. The Labute approximate surface area is 160 Å². The highest BCUT2D eigenvalue weighted by atomic mass is 79.9. The molecular weight excluding hydrogens is 460 g/mol. The van der Waals surface area contributed by atoms with Crippen molar-refractivity contribution < 1.29 is 5.11 Å². The fraction of sp³-hybridized carbons (Fsp3) is 0.333. The molecule has 0 fully saturated rings. The number of phenolic OH excluding ortho intramolecular Hbond substituents is 1. The predicted octanol–water partition coefficient (Wildman–Crippen LogP) is 3.77. The van der Waals surface area contributed by atoms with Crippen LogP contribution in [0, 0.1) is 0 Å². The molecule has 9 heteroatoms. The van der Waals surface area contributed by atoms with E-state index in [0.717, 1.165) is 0 Å². The van der Waals surface area contributed by atoms with E-state index in [4.69, 9.17) is 0 Å². The van der Waals surface area contributed by atoms with Crippen LogP contribution in [0.5, 0.6) is 5.75 Å². The van der Waals surface area contributed by atoms with E-state index in [-0.39, 0.29) is 11.3 Å². The second kappa shape index (κ2) is 7.37. The van der Waals surface area contributed by atoms with Crippen molar-refractivity contribution in [3.8, 4) is 5.75 Å². The van der Waals surface area contributed by atoms with E-state index in [1.165, 1.54) is 22.7 Å². The lowest BCUT2D eigenvalue weighted by Crippen LogP contribution is -2.32. The van der Waals surface area contributed by atoms with Crippen LogP contribution in [0.25, 0.3) is 0 Å². The van der Waals surface area contributed by atoms with Gasteiger partial charge >= 0.3 is 0 Å². The van der Waals surface area contributed by atoms with Crippen molar-refractivity contribution >= 4 is 49.8 Å². The zero-order valence-electron chi connectivity index (χ0n) is 13.5. The van der Waals surface area contributed by atoms with Gasteiger partial charge in [-0.1, -0.05) is 32.5 Å². The SMILES string of the molecule is CSc1nnc(C(C)(C)C)c(=O)n1/N=C/c1c(Br)ccc(Br)c1O. The van der Waals surface area contributed by atoms with Gasteiger partial charge in [0.05, 0.1) is 16.3 Å². The van der Waals surface area contributed by atoms with Crippen LogP contribution in [0.1, 0.15) is 32.0 Å². The number of hydrogen-bond donors (Lipinski definition) is 1. The first-order chi connectivity index (χ1) is 11.2. The summed E-state index contributed by atoms with van der Waals surface area (Å²) in [4.78, 5) is 12.7. The van der Waals surface area contributed by atoms with Crippen molar-refractivity contribution in [1.29, 1.82) is 0 Å². The number of nitrogens with zero attached hydrogens (tertiary/aromatic N) is 4. The molecule has 0 saturated carbocycles. The maximum atomic E-state index is 12.7. The molecule has 0 aliphatic rings. The Morgan fingerprint density at radius 1 is 1.25 bits per heavy atom. The minimum atomic E-state index is -0.448. The third-order valence-corrected chi connectivity index (χ3v) is 5.07. The summed E-state index contributed by atoms with van der Waals surface area (Å²) < 4.78 is 2.39. The van der Waals surface area contributed by atoms with Gasteiger partial charge in [0.25, 0.3) is 5.56 Å². The molecule has 0 aliphatic heterocycles. The largest absolute Gasteiger partial charge is 0.506 e. The molecule has 1 aromatic heterocycles. The molecule has 0 bridgehead atoms. The molecule has 0 atom stereocenters. The summed E-state index contributed by atoms with van der Waals surface area (Å²) in [7, 11) is 0. The lowest BCUT2D eigenvalue weighted by molar-refractivity contribution is 0.470. The molecule has 0 radical (unpaired) electrons. The quantitative estimate of drug-likeness (QED) is 0.539. The smallest absolute Gasteiger partial charge is 0.297 e. The van der Waals surface area contributed by atoms with Gasteiger partial charge in [0.15, 0.2) is 0 Å².